The predicted octanol–water partition coefficient (Wildman–Crippen LogP) is 5.59. The lowest BCUT2D eigenvalue weighted by molar-refractivity contribution is -0.385. The Bertz CT molecular complexity index is 4500. The maximum atomic E-state index is 13.8. The molecule has 40 heteroatoms. The number of nitro groups is 1. The zero-order valence-electron chi connectivity index (χ0n) is 40.2. The Hall–Kier alpha value is -7.19. The second kappa shape index (κ2) is 22.2. The third kappa shape index (κ3) is 12.8. The summed E-state index contributed by atoms with van der Waals surface area (Å²) >= 11 is 0. The normalized spacial score (nSPS) is 13.4. The predicted molar refractivity (Wildman–Crippen MR) is 269 cm³/mol. The summed E-state index contributed by atoms with van der Waals surface area (Å²) < 4.78 is 223. The van der Waals surface area contributed by atoms with Crippen LogP contribution in [0.4, 0.5) is 45.5 Å². The first-order valence-corrected chi connectivity index (χ1v) is 30.8. The molecule has 0 atom stereocenters. The highest BCUT2D eigenvalue weighted by Gasteiger charge is 2.32. The SMILES string of the molecule is COS(=O)(=O)c1ccc(CS(=O)(=O)O)c(N=Nc2c(S(=O)(=O)OC)cc3c(S(=O)(=O)OC)c(N=Nc4cc(S(=O)(=O)OC)c5cc(CS(=O)(=O)O)c(N=Nc6ccc([N+](=O)[O-])cc6S(=O)(=O)OC)c(O)c5c4N)ccc3c2O)c1. The lowest BCUT2D eigenvalue weighted by Crippen LogP contribution is -2.07. The number of nitrogens with zero attached hydrogens (tertiary/aromatic N) is 7. The molecular formula is C39H36N8O25S7. The molecule has 0 fully saturated rings. The highest BCUT2D eigenvalue weighted by atomic mass is 32.2. The van der Waals surface area contributed by atoms with Crippen LogP contribution in [0.5, 0.6) is 11.5 Å². The molecule has 6 rings (SSSR count). The summed E-state index contributed by atoms with van der Waals surface area (Å²) in [4.78, 5) is 5.65. The van der Waals surface area contributed by atoms with Crippen LogP contribution in [0.1, 0.15) is 11.1 Å². The maximum absolute atomic E-state index is 13.8. The maximum Gasteiger partial charge on any atom is 0.299 e. The van der Waals surface area contributed by atoms with Crippen LogP contribution in [0.2, 0.25) is 0 Å². The molecule has 6 aromatic rings. The van der Waals surface area contributed by atoms with E-state index in [4.69, 9.17) is 9.92 Å². The molecule has 0 aliphatic rings. The fourth-order valence-electron chi connectivity index (χ4n) is 7.08. The number of nitrogens with two attached hydrogens (primary N) is 1. The Morgan fingerprint density at radius 2 is 0.987 bits per heavy atom. The van der Waals surface area contributed by atoms with Gasteiger partial charge in [0.15, 0.2) is 11.5 Å². The van der Waals surface area contributed by atoms with Gasteiger partial charge in [-0.25, -0.2) is 0 Å². The molecule has 0 radical (unpaired) electrons. The highest BCUT2D eigenvalue weighted by molar-refractivity contribution is 7.88. The van der Waals surface area contributed by atoms with Crippen LogP contribution >= 0.6 is 0 Å². The number of nitro benzene ring substituents is 1. The van der Waals surface area contributed by atoms with Crippen LogP contribution in [0.3, 0.4) is 0 Å². The highest BCUT2D eigenvalue weighted by Crippen LogP contribution is 2.50. The van der Waals surface area contributed by atoms with Gasteiger partial charge in [0.1, 0.15) is 59.5 Å². The number of hydrogen-bond donors (Lipinski definition) is 5. The number of hydrogen-bond acceptors (Lipinski definition) is 30. The zero-order chi connectivity index (χ0) is 59.2. The number of non-ortho nitro benzene ring substituents is 1. The average Bonchev–Trinajstić information content (AvgIpc) is 3.44. The smallest absolute Gasteiger partial charge is 0.299 e. The Balaban J connectivity index is 1.65. The minimum absolute atomic E-state index is 0.417. The molecule has 6 aromatic carbocycles. The van der Waals surface area contributed by atoms with Gasteiger partial charge in [-0.15, -0.1) is 25.6 Å². The van der Waals surface area contributed by atoms with E-state index in [1.807, 2.05) is 0 Å². The van der Waals surface area contributed by atoms with Gasteiger partial charge in [-0.1, -0.05) is 6.07 Å². The van der Waals surface area contributed by atoms with Crippen molar-refractivity contribution in [2.75, 3.05) is 41.3 Å². The van der Waals surface area contributed by atoms with Gasteiger partial charge in [0.25, 0.3) is 76.5 Å². The minimum atomic E-state index is -5.18. The molecule has 0 amide bonds. The van der Waals surface area contributed by atoms with Crippen LogP contribution in [-0.4, -0.2) is 119 Å². The van der Waals surface area contributed by atoms with E-state index in [1.54, 1.807) is 0 Å². The van der Waals surface area contributed by atoms with E-state index in [0.717, 1.165) is 49.6 Å². The molecule has 0 bridgehead atoms. The third-order valence-electron chi connectivity index (χ3n) is 10.7. The molecule has 33 nitrogen and oxygen atoms in total. The number of azo groups is 3. The van der Waals surface area contributed by atoms with Crippen molar-refractivity contribution in [3.63, 3.8) is 0 Å². The van der Waals surface area contributed by atoms with Crippen molar-refractivity contribution in [3.8, 4) is 11.5 Å². The molecule has 0 saturated carbocycles. The molecule has 0 spiro atoms. The van der Waals surface area contributed by atoms with Gasteiger partial charge in [-0.3, -0.25) is 40.1 Å². The van der Waals surface area contributed by atoms with Crippen molar-refractivity contribution >= 4 is 138 Å². The summed E-state index contributed by atoms with van der Waals surface area (Å²) in [6, 6.07) is 8.21. The van der Waals surface area contributed by atoms with Crippen LogP contribution in [0.25, 0.3) is 21.5 Å². The second-order valence-electron chi connectivity index (χ2n) is 15.4. The van der Waals surface area contributed by atoms with Crippen LogP contribution in [0.15, 0.2) is 122 Å². The summed E-state index contributed by atoms with van der Waals surface area (Å²) in [5, 5.41) is 54.9. The van der Waals surface area contributed by atoms with Crippen molar-refractivity contribution in [3.05, 3.63) is 88.0 Å². The first-order valence-electron chi connectivity index (χ1n) is 20.5. The van der Waals surface area contributed by atoms with Crippen LogP contribution in [0, 0.1) is 10.1 Å². The fourth-order valence-corrected chi connectivity index (χ4v) is 12.5. The number of aromatic hydroxyl groups is 2. The number of rotatable bonds is 21. The van der Waals surface area contributed by atoms with E-state index in [9.17, 15) is 88.4 Å². The van der Waals surface area contributed by atoms with Crippen LogP contribution in [-0.2, 0) is 103 Å². The summed E-state index contributed by atoms with van der Waals surface area (Å²) in [6.07, 6.45) is 0. The number of nitrogen functional groups attached to an aromatic ring is 1. The van der Waals surface area contributed by atoms with E-state index in [2.05, 4.69) is 47.4 Å². The summed E-state index contributed by atoms with van der Waals surface area (Å²) in [7, 11) is -31.3. The van der Waals surface area contributed by atoms with E-state index < -0.39 is 201 Å². The Labute approximate surface area is 446 Å². The molecular weight excluding hydrogens is 1200 g/mol. The lowest BCUT2D eigenvalue weighted by Gasteiger charge is -2.16. The lowest BCUT2D eigenvalue weighted by atomic mass is 10.0. The van der Waals surface area contributed by atoms with Gasteiger partial charge in [0, 0.05) is 33.9 Å². The topological polar surface area (TPSA) is 509 Å². The van der Waals surface area contributed by atoms with Crippen molar-refractivity contribution in [1.29, 1.82) is 0 Å². The van der Waals surface area contributed by atoms with Gasteiger partial charge in [0.2, 0.25) is 0 Å². The molecule has 79 heavy (non-hydrogen) atoms. The molecule has 424 valence electrons. The summed E-state index contributed by atoms with van der Waals surface area (Å²) in [6.45, 7) is 0. The van der Waals surface area contributed by atoms with Gasteiger partial charge < -0.3 is 15.9 Å². The van der Waals surface area contributed by atoms with Crippen molar-refractivity contribution in [2.24, 2.45) is 30.7 Å². The molecule has 0 saturated heterocycles. The van der Waals surface area contributed by atoms with Crippen LogP contribution < -0.4 is 5.73 Å². The number of fused-ring (bicyclic) bond motifs is 2. The van der Waals surface area contributed by atoms with Gasteiger partial charge in [0.05, 0.1) is 62.1 Å². The monoisotopic (exact) mass is 1240 g/mol. The van der Waals surface area contributed by atoms with E-state index >= 15 is 0 Å². The molecule has 6 N–H and O–H groups in total. The van der Waals surface area contributed by atoms with E-state index in [0.29, 0.717) is 52.7 Å². The fraction of sp³-hybridized carbons (Fsp3) is 0.179. The summed E-state index contributed by atoms with van der Waals surface area (Å²) in [5.41, 5.74) is -1.21. The van der Waals surface area contributed by atoms with Crippen molar-refractivity contribution < 1.29 is 104 Å². The first kappa shape index (κ1) is 61.0. The van der Waals surface area contributed by atoms with E-state index in [1.165, 1.54) is 0 Å². The molecule has 0 aromatic heterocycles. The Kier molecular flexibility index (Phi) is 17.1. The van der Waals surface area contributed by atoms with Gasteiger partial charge in [-0.05, 0) is 54.1 Å². The zero-order valence-corrected chi connectivity index (χ0v) is 45.9. The third-order valence-corrected chi connectivity index (χ3v) is 18.6. The standard InChI is InChI=1S/C39H36N8O25S7/c1-68-75(58,59)22-8-6-19(17-73(52,53)54)28(14-22)43-46-36-32(78(64,65)71-4)15-24-23(37(36)48)9-11-27(39(24)79(66,67)72-5)42-44-29-16-30(76(60,61)69-2)25-12-20(18-74(55,56)57)35(38(49)33(25)34(29)40)45-41-26-10-7-21(47(50)51)13-31(26)77(62,63)70-3/h6-16,48-49H,17-18,40H2,1-5H3,(H,52,53,54)(H,55,56,57). The Morgan fingerprint density at radius 1 is 0.481 bits per heavy atom. The minimum Gasteiger partial charge on any atom is -0.505 e. The molecule has 0 aliphatic heterocycles. The van der Waals surface area contributed by atoms with Crippen molar-refractivity contribution in [2.45, 2.75) is 36.0 Å². The number of phenols is 2. The van der Waals surface area contributed by atoms with Gasteiger partial charge in [-0.2, -0.15) is 64.0 Å². The average molecular weight is 1240 g/mol. The summed E-state index contributed by atoms with van der Waals surface area (Å²) in [5.74, 6) is -5.11. The second-order valence-corrected chi connectivity index (χ2v) is 26.7. The molecule has 0 aliphatic carbocycles. The van der Waals surface area contributed by atoms with E-state index in [-0.39, 0.29) is 0 Å². The number of anilines is 1. The quantitative estimate of drug-likeness (QED) is 0.0146. The largest absolute Gasteiger partial charge is 0.505 e. The van der Waals surface area contributed by atoms with Gasteiger partial charge >= 0.3 is 0 Å². The molecule has 0 heterocycles. The number of phenolic OH excluding ortho intramolecular Hbond substituents is 2. The van der Waals surface area contributed by atoms with Crippen molar-refractivity contribution in [1.82, 2.24) is 0 Å². The molecule has 0 unspecified atom stereocenters. The Morgan fingerprint density at radius 3 is 1.56 bits per heavy atom. The first-order chi connectivity index (χ1) is 36.5. The number of benzene rings is 6.